The minimum Gasteiger partial charge on any atom is -0.480 e. The molecule has 1 aromatic rings. The Morgan fingerprint density at radius 1 is 1.15 bits per heavy atom. The third kappa shape index (κ3) is 9.42. The molecule has 6 nitrogen and oxygen atoms in total. The predicted molar refractivity (Wildman–Crippen MR) is 102 cm³/mol. The van der Waals surface area contributed by atoms with Crippen LogP contribution < -0.4 is 10.6 Å². The van der Waals surface area contributed by atoms with Crippen LogP contribution in [0.4, 0.5) is 4.79 Å². The van der Waals surface area contributed by atoms with Gasteiger partial charge in [-0.3, -0.25) is 4.79 Å². The zero-order valence-corrected chi connectivity index (χ0v) is 16.4. The van der Waals surface area contributed by atoms with E-state index in [1.807, 2.05) is 51.1 Å². The van der Waals surface area contributed by atoms with Gasteiger partial charge in [0, 0.05) is 12.6 Å². The highest BCUT2D eigenvalue weighted by atomic mass is 16.6. The molecule has 26 heavy (non-hydrogen) atoms. The molecule has 1 amide bonds. The summed E-state index contributed by atoms with van der Waals surface area (Å²) in [6, 6.07) is 8.56. The molecule has 3 N–H and O–H groups in total. The summed E-state index contributed by atoms with van der Waals surface area (Å²) in [5, 5.41) is 15.4. The van der Waals surface area contributed by atoms with Crippen LogP contribution in [0.25, 0.3) is 0 Å². The SMILES string of the molecule is CC(C)CC(CNC(Cc1ccccc1)C(=O)O)NC(=O)OC(C)(C)C. The first-order chi connectivity index (χ1) is 12.1. The molecular formula is C20H32N2O4. The maximum Gasteiger partial charge on any atom is 0.407 e. The Labute approximate surface area is 156 Å². The van der Waals surface area contributed by atoms with E-state index in [9.17, 15) is 14.7 Å². The summed E-state index contributed by atoms with van der Waals surface area (Å²) in [6.07, 6.45) is 0.626. The second-order valence-corrected chi connectivity index (χ2v) is 7.96. The Morgan fingerprint density at radius 3 is 2.27 bits per heavy atom. The number of carboxylic acids is 1. The fourth-order valence-electron chi connectivity index (χ4n) is 2.62. The fraction of sp³-hybridized carbons (Fsp3) is 0.600. The van der Waals surface area contributed by atoms with Crippen LogP contribution in [0.3, 0.4) is 0 Å². The molecule has 0 saturated carbocycles. The summed E-state index contributed by atoms with van der Waals surface area (Å²) < 4.78 is 5.31. The van der Waals surface area contributed by atoms with Crippen molar-refractivity contribution in [3.05, 3.63) is 35.9 Å². The molecule has 146 valence electrons. The molecule has 0 radical (unpaired) electrons. The smallest absolute Gasteiger partial charge is 0.407 e. The molecule has 2 unspecified atom stereocenters. The predicted octanol–water partition coefficient (Wildman–Crippen LogP) is 3.21. The Kier molecular flexibility index (Phi) is 8.58. The second kappa shape index (κ2) is 10.2. The topological polar surface area (TPSA) is 87.7 Å². The van der Waals surface area contributed by atoms with Crippen LogP contribution in [-0.2, 0) is 16.0 Å². The van der Waals surface area contributed by atoms with Crippen molar-refractivity contribution in [2.75, 3.05) is 6.54 Å². The van der Waals surface area contributed by atoms with Gasteiger partial charge in [-0.05, 0) is 45.1 Å². The Bertz CT molecular complexity index is 567. The molecule has 6 heteroatoms. The van der Waals surface area contributed by atoms with E-state index in [1.54, 1.807) is 0 Å². The summed E-state index contributed by atoms with van der Waals surface area (Å²) in [4.78, 5) is 23.6. The van der Waals surface area contributed by atoms with Crippen molar-refractivity contribution >= 4 is 12.1 Å². The number of ether oxygens (including phenoxy) is 1. The molecule has 1 rings (SSSR count). The van der Waals surface area contributed by atoms with Crippen LogP contribution >= 0.6 is 0 Å². The number of benzene rings is 1. The van der Waals surface area contributed by atoms with Crippen molar-refractivity contribution in [2.24, 2.45) is 5.92 Å². The van der Waals surface area contributed by atoms with E-state index in [-0.39, 0.29) is 6.04 Å². The van der Waals surface area contributed by atoms with Gasteiger partial charge in [-0.2, -0.15) is 0 Å². The number of nitrogens with one attached hydrogen (secondary N) is 2. The van der Waals surface area contributed by atoms with Crippen molar-refractivity contribution in [3.8, 4) is 0 Å². The highest BCUT2D eigenvalue weighted by Crippen LogP contribution is 2.10. The van der Waals surface area contributed by atoms with E-state index in [1.165, 1.54) is 0 Å². The van der Waals surface area contributed by atoms with E-state index in [4.69, 9.17) is 4.74 Å². The van der Waals surface area contributed by atoms with Crippen LogP contribution in [-0.4, -0.2) is 41.4 Å². The second-order valence-electron chi connectivity index (χ2n) is 7.96. The molecule has 0 aliphatic rings. The zero-order valence-electron chi connectivity index (χ0n) is 16.4. The lowest BCUT2D eigenvalue weighted by molar-refractivity contribution is -0.139. The van der Waals surface area contributed by atoms with Crippen molar-refractivity contribution < 1.29 is 19.4 Å². The number of alkyl carbamates (subject to hydrolysis) is 1. The molecule has 0 aliphatic heterocycles. The molecule has 0 spiro atoms. The van der Waals surface area contributed by atoms with Crippen LogP contribution in [0.5, 0.6) is 0 Å². The summed E-state index contributed by atoms with van der Waals surface area (Å²) >= 11 is 0. The van der Waals surface area contributed by atoms with Gasteiger partial charge in [0.15, 0.2) is 0 Å². The molecule has 2 atom stereocenters. The van der Waals surface area contributed by atoms with Crippen LogP contribution in [0.15, 0.2) is 30.3 Å². The zero-order chi connectivity index (χ0) is 19.7. The van der Waals surface area contributed by atoms with Gasteiger partial charge in [-0.15, -0.1) is 0 Å². The van der Waals surface area contributed by atoms with E-state index >= 15 is 0 Å². The van der Waals surface area contributed by atoms with E-state index in [2.05, 4.69) is 24.5 Å². The van der Waals surface area contributed by atoms with Gasteiger partial charge in [0.25, 0.3) is 0 Å². The third-order valence-corrected chi connectivity index (χ3v) is 3.67. The Morgan fingerprint density at radius 2 is 1.77 bits per heavy atom. The van der Waals surface area contributed by atoms with E-state index < -0.39 is 23.7 Å². The van der Waals surface area contributed by atoms with Crippen LogP contribution in [0.2, 0.25) is 0 Å². The van der Waals surface area contributed by atoms with Crippen molar-refractivity contribution in [3.63, 3.8) is 0 Å². The first-order valence-electron chi connectivity index (χ1n) is 9.06. The number of hydrogen-bond donors (Lipinski definition) is 3. The van der Waals surface area contributed by atoms with Gasteiger partial charge in [0.05, 0.1) is 0 Å². The highest BCUT2D eigenvalue weighted by Gasteiger charge is 2.23. The standard InChI is InChI=1S/C20H32N2O4/c1-14(2)11-16(22-19(25)26-20(3,4)5)13-21-17(18(23)24)12-15-9-7-6-8-10-15/h6-10,14,16-17,21H,11-13H2,1-5H3,(H,22,25)(H,23,24). The van der Waals surface area contributed by atoms with E-state index in [0.29, 0.717) is 18.9 Å². The number of aliphatic carboxylic acids is 1. The van der Waals surface area contributed by atoms with Crippen molar-refractivity contribution in [2.45, 2.75) is 65.1 Å². The number of amides is 1. The van der Waals surface area contributed by atoms with Crippen molar-refractivity contribution in [1.82, 2.24) is 10.6 Å². The highest BCUT2D eigenvalue weighted by molar-refractivity contribution is 5.74. The van der Waals surface area contributed by atoms with Gasteiger partial charge in [-0.25, -0.2) is 4.79 Å². The monoisotopic (exact) mass is 364 g/mol. The van der Waals surface area contributed by atoms with Crippen LogP contribution in [0.1, 0.15) is 46.6 Å². The number of rotatable bonds is 9. The Hall–Kier alpha value is -2.08. The van der Waals surface area contributed by atoms with Crippen LogP contribution in [0, 0.1) is 5.92 Å². The number of carbonyl (C=O) groups is 2. The van der Waals surface area contributed by atoms with Crippen molar-refractivity contribution in [1.29, 1.82) is 0 Å². The normalized spacial score (nSPS) is 13.9. The lowest BCUT2D eigenvalue weighted by atomic mass is 10.0. The minimum atomic E-state index is -0.908. The lowest BCUT2D eigenvalue weighted by Gasteiger charge is -2.26. The van der Waals surface area contributed by atoms with Gasteiger partial charge in [-0.1, -0.05) is 44.2 Å². The molecule has 1 aromatic carbocycles. The molecule has 0 aromatic heterocycles. The van der Waals surface area contributed by atoms with Gasteiger partial charge in [0.2, 0.25) is 0 Å². The quantitative estimate of drug-likeness (QED) is 0.626. The first kappa shape index (κ1) is 22.0. The maximum atomic E-state index is 12.0. The number of hydrogen-bond acceptors (Lipinski definition) is 4. The average Bonchev–Trinajstić information content (AvgIpc) is 2.49. The molecule has 0 saturated heterocycles. The van der Waals surface area contributed by atoms with Gasteiger partial charge < -0.3 is 20.5 Å². The maximum absolute atomic E-state index is 12.0. The molecular weight excluding hydrogens is 332 g/mol. The lowest BCUT2D eigenvalue weighted by Crippen LogP contribution is -2.49. The van der Waals surface area contributed by atoms with Gasteiger partial charge in [0.1, 0.15) is 11.6 Å². The van der Waals surface area contributed by atoms with E-state index in [0.717, 1.165) is 12.0 Å². The summed E-state index contributed by atoms with van der Waals surface area (Å²) in [5.41, 5.74) is 0.379. The average molecular weight is 364 g/mol. The Balaban J connectivity index is 2.66. The summed E-state index contributed by atoms with van der Waals surface area (Å²) in [6.45, 7) is 9.90. The first-order valence-corrected chi connectivity index (χ1v) is 9.06. The molecule has 0 bridgehead atoms. The molecule has 0 aliphatic carbocycles. The molecule has 0 fully saturated rings. The number of carbonyl (C=O) groups excluding carboxylic acids is 1. The third-order valence-electron chi connectivity index (χ3n) is 3.67. The number of carboxylic acid groups (broad SMARTS) is 1. The molecule has 0 heterocycles. The summed E-state index contributed by atoms with van der Waals surface area (Å²) in [7, 11) is 0. The largest absolute Gasteiger partial charge is 0.480 e. The van der Waals surface area contributed by atoms with Gasteiger partial charge >= 0.3 is 12.1 Å². The minimum absolute atomic E-state index is 0.206. The fourth-order valence-corrected chi connectivity index (χ4v) is 2.62. The summed E-state index contributed by atoms with van der Waals surface area (Å²) in [5.74, 6) is -0.552.